The fourth-order valence-electron chi connectivity index (χ4n) is 4.61. The van der Waals surface area contributed by atoms with Crippen LogP contribution in [-0.4, -0.2) is 67.4 Å². The Morgan fingerprint density at radius 1 is 1.11 bits per heavy atom. The molecule has 3 N–H and O–H groups in total. The van der Waals surface area contributed by atoms with Gasteiger partial charge in [-0.15, -0.1) is 0 Å². The fourth-order valence-corrected chi connectivity index (χ4v) is 4.61. The number of likely N-dealkylation sites (tertiary alicyclic amines) is 1. The third-order valence-corrected chi connectivity index (χ3v) is 6.47. The highest BCUT2D eigenvalue weighted by molar-refractivity contribution is 5.91. The molecule has 2 aromatic carbocycles. The van der Waals surface area contributed by atoms with Crippen molar-refractivity contribution in [1.82, 2.24) is 10.2 Å². The zero-order chi connectivity index (χ0) is 27.8. The monoisotopic (exact) mass is 525 g/mol. The molecular formula is C29H39N3O6. The summed E-state index contributed by atoms with van der Waals surface area (Å²) in [6.45, 7) is 8.81. The maximum atomic E-state index is 11.9. The summed E-state index contributed by atoms with van der Waals surface area (Å²) in [5.41, 5.74) is 4.08. The van der Waals surface area contributed by atoms with E-state index in [1.165, 1.54) is 5.56 Å². The minimum absolute atomic E-state index is 0.0745. The summed E-state index contributed by atoms with van der Waals surface area (Å²) in [6.07, 6.45) is 2.37. The maximum Gasteiger partial charge on any atom is 0.404 e. The van der Waals surface area contributed by atoms with Gasteiger partial charge in [0.15, 0.2) is 0 Å². The lowest BCUT2D eigenvalue weighted by atomic mass is 9.87. The van der Waals surface area contributed by atoms with E-state index in [0.29, 0.717) is 11.1 Å². The molecule has 1 spiro atoms. The van der Waals surface area contributed by atoms with Crippen LogP contribution in [0.15, 0.2) is 42.5 Å². The first-order valence-corrected chi connectivity index (χ1v) is 12.9. The van der Waals surface area contributed by atoms with Crippen LogP contribution in [-0.2, 0) is 20.7 Å². The molecule has 38 heavy (non-hydrogen) atoms. The van der Waals surface area contributed by atoms with Crippen molar-refractivity contribution in [2.45, 2.75) is 52.1 Å². The first-order chi connectivity index (χ1) is 18.0. The average Bonchev–Trinajstić information content (AvgIpc) is 3.21. The van der Waals surface area contributed by atoms with Gasteiger partial charge in [0.2, 0.25) is 12.3 Å². The van der Waals surface area contributed by atoms with Gasteiger partial charge < -0.3 is 30.1 Å². The Labute approximate surface area is 224 Å². The van der Waals surface area contributed by atoms with Crippen molar-refractivity contribution in [3.8, 4) is 16.9 Å². The first-order valence-electron chi connectivity index (χ1n) is 12.9. The number of piperidine rings is 1. The summed E-state index contributed by atoms with van der Waals surface area (Å²) in [5.74, 6) is 0.671. The SMILES string of the molecule is COCC(C)(C)C.O=CN1CCC2(CC1)Cc1cc(-c3ccc(NC(=O)CCNC(=O)O)cc3)ccc1O2. The number of nitrogens with one attached hydrogen (secondary N) is 2. The predicted molar refractivity (Wildman–Crippen MR) is 146 cm³/mol. The highest BCUT2D eigenvalue weighted by atomic mass is 16.5. The number of benzene rings is 2. The van der Waals surface area contributed by atoms with Gasteiger partial charge >= 0.3 is 6.09 Å². The molecule has 2 heterocycles. The molecule has 9 nitrogen and oxygen atoms in total. The number of fused-ring (bicyclic) bond motifs is 1. The molecule has 2 aliphatic heterocycles. The van der Waals surface area contributed by atoms with Gasteiger partial charge in [0, 0.05) is 58.1 Å². The third-order valence-electron chi connectivity index (χ3n) is 6.47. The van der Waals surface area contributed by atoms with Crippen LogP contribution in [0.5, 0.6) is 5.75 Å². The summed E-state index contributed by atoms with van der Waals surface area (Å²) in [6, 6.07) is 13.7. The standard InChI is InChI=1S/C23H25N3O5.C6H14O/c27-15-26-11-8-23(9-12-26)14-18-13-17(3-6-20(18)31-23)16-1-4-19(5-2-16)25-21(28)7-10-24-22(29)30;1-6(2,3)5-7-4/h1-6,13,15,24H,7-12,14H2,(H,25,28)(H,29,30);5H2,1-4H3. The zero-order valence-electron chi connectivity index (χ0n) is 22.7. The summed E-state index contributed by atoms with van der Waals surface area (Å²) in [4.78, 5) is 35.1. The second-order valence-corrected chi connectivity index (χ2v) is 11.0. The molecule has 4 rings (SSSR count). The second kappa shape index (κ2) is 12.8. The second-order valence-electron chi connectivity index (χ2n) is 11.0. The molecule has 1 saturated heterocycles. The minimum atomic E-state index is -1.14. The van der Waals surface area contributed by atoms with Crippen LogP contribution in [0.4, 0.5) is 10.5 Å². The van der Waals surface area contributed by atoms with Crippen molar-refractivity contribution in [3.05, 3.63) is 48.0 Å². The smallest absolute Gasteiger partial charge is 0.404 e. The van der Waals surface area contributed by atoms with E-state index in [1.54, 1.807) is 12.0 Å². The van der Waals surface area contributed by atoms with Gasteiger partial charge in [-0.05, 0) is 46.4 Å². The Bertz CT molecular complexity index is 1100. The molecule has 0 saturated carbocycles. The average molecular weight is 526 g/mol. The molecule has 0 aliphatic carbocycles. The van der Waals surface area contributed by atoms with Gasteiger partial charge in [0.25, 0.3) is 0 Å². The number of anilines is 1. The minimum Gasteiger partial charge on any atom is -0.487 e. The number of hydrogen-bond donors (Lipinski definition) is 3. The van der Waals surface area contributed by atoms with Crippen LogP contribution >= 0.6 is 0 Å². The van der Waals surface area contributed by atoms with E-state index < -0.39 is 6.09 Å². The molecule has 3 amide bonds. The van der Waals surface area contributed by atoms with Crippen LogP contribution in [0, 0.1) is 5.41 Å². The van der Waals surface area contributed by atoms with Crippen molar-refractivity contribution in [3.63, 3.8) is 0 Å². The number of amides is 3. The van der Waals surface area contributed by atoms with E-state index in [2.05, 4.69) is 37.5 Å². The number of methoxy groups -OCH3 is 1. The summed E-state index contributed by atoms with van der Waals surface area (Å²) in [5, 5.41) is 13.5. The molecule has 2 aromatic rings. The fraction of sp³-hybridized carbons (Fsp3) is 0.483. The van der Waals surface area contributed by atoms with E-state index in [0.717, 1.165) is 62.2 Å². The van der Waals surface area contributed by atoms with Gasteiger partial charge in [-0.2, -0.15) is 0 Å². The van der Waals surface area contributed by atoms with Gasteiger partial charge in [0.1, 0.15) is 11.4 Å². The predicted octanol–water partition coefficient (Wildman–Crippen LogP) is 4.55. The molecule has 1 fully saturated rings. The number of ether oxygens (including phenoxy) is 2. The number of rotatable bonds is 7. The molecule has 0 aromatic heterocycles. The van der Waals surface area contributed by atoms with Crippen molar-refractivity contribution in [2.75, 3.05) is 38.7 Å². The quantitative estimate of drug-likeness (QED) is 0.457. The number of carbonyl (C=O) groups excluding carboxylic acids is 2. The Morgan fingerprint density at radius 3 is 2.32 bits per heavy atom. The molecule has 0 radical (unpaired) electrons. The summed E-state index contributed by atoms with van der Waals surface area (Å²) >= 11 is 0. The Balaban J connectivity index is 0.000000505. The lowest BCUT2D eigenvalue weighted by Gasteiger charge is -2.37. The van der Waals surface area contributed by atoms with E-state index >= 15 is 0 Å². The van der Waals surface area contributed by atoms with Gasteiger partial charge in [-0.1, -0.05) is 39.0 Å². The molecule has 0 atom stereocenters. The van der Waals surface area contributed by atoms with Crippen molar-refractivity contribution in [1.29, 1.82) is 0 Å². The van der Waals surface area contributed by atoms with Crippen molar-refractivity contribution in [2.24, 2.45) is 5.41 Å². The Morgan fingerprint density at radius 2 is 1.76 bits per heavy atom. The molecular weight excluding hydrogens is 486 g/mol. The molecule has 9 heteroatoms. The largest absolute Gasteiger partial charge is 0.487 e. The number of nitrogens with zero attached hydrogens (tertiary/aromatic N) is 1. The topological polar surface area (TPSA) is 117 Å². The van der Waals surface area contributed by atoms with Gasteiger partial charge in [-0.25, -0.2) is 4.79 Å². The van der Waals surface area contributed by atoms with Crippen molar-refractivity contribution < 1.29 is 29.0 Å². The molecule has 206 valence electrons. The maximum absolute atomic E-state index is 11.9. The third kappa shape index (κ3) is 8.48. The van der Waals surface area contributed by atoms with Crippen LogP contribution in [0.25, 0.3) is 11.1 Å². The van der Waals surface area contributed by atoms with Gasteiger partial charge in [-0.3, -0.25) is 9.59 Å². The molecule has 0 bridgehead atoms. The van der Waals surface area contributed by atoms with Crippen LogP contribution in [0.3, 0.4) is 0 Å². The van der Waals surface area contributed by atoms with E-state index in [4.69, 9.17) is 14.6 Å². The lowest BCUT2D eigenvalue weighted by molar-refractivity contribution is -0.121. The van der Waals surface area contributed by atoms with Crippen LogP contribution in [0.1, 0.15) is 45.6 Å². The lowest BCUT2D eigenvalue weighted by Crippen LogP contribution is -2.46. The number of carboxylic acid groups (broad SMARTS) is 1. The Hall–Kier alpha value is -3.59. The summed E-state index contributed by atoms with van der Waals surface area (Å²) < 4.78 is 11.2. The van der Waals surface area contributed by atoms with E-state index in [1.807, 2.05) is 36.4 Å². The van der Waals surface area contributed by atoms with E-state index in [-0.39, 0.29) is 24.5 Å². The van der Waals surface area contributed by atoms with Crippen molar-refractivity contribution >= 4 is 24.1 Å². The highest BCUT2D eigenvalue weighted by Crippen LogP contribution is 2.42. The van der Waals surface area contributed by atoms with Gasteiger partial charge in [0.05, 0.1) is 6.61 Å². The molecule has 2 aliphatic rings. The normalized spacial score (nSPS) is 15.5. The van der Waals surface area contributed by atoms with E-state index in [9.17, 15) is 14.4 Å². The van der Waals surface area contributed by atoms with Crippen LogP contribution < -0.4 is 15.4 Å². The number of carbonyl (C=O) groups is 3. The molecule has 0 unspecified atom stereocenters. The van der Waals surface area contributed by atoms with Crippen LogP contribution in [0.2, 0.25) is 0 Å². The highest BCUT2D eigenvalue weighted by Gasteiger charge is 2.41. The summed E-state index contributed by atoms with van der Waals surface area (Å²) in [7, 11) is 1.73. The first kappa shape index (κ1) is 29.0. The zero-order valence-corrected chi connectivity index (χ0v) is 22.7. The Kier molecular flexibility index (Phi) is 9.74. The number of hydrogen-bond acceptors (Lipinski definition) is 5.